The van der Waals surface area contributed by atoms with Gasteiger partial charge in [0.2, 0.25) is 5.88 Å². The molecule has 1 aliphatic carbocycles. The van der Waals surface area contributed by atoms with E-state index in [1.807, 2.05) is 0 Å². The van der Waals surface area contributed by atoms with Crippen molar-refractivity contribution in [1.29, 1.82) is 0 Å². The summed E-state index contributed by atoms with van der Waals surface area (Å²) < 4.78 is 33.1. The van der Waals surface area contributed by atoms with Crippen LogP contribution in [0.4, 0.5) is 8.78 Å². The molecule has 0 spiro atoms. The lowest BCUT2D eigenvalue weighted by Crippen LogP contribution is -2.28. The first kappa shape index (κ1) is 11.8. The van der Waals surface area contributed by atoms with Gasteiger partial charge in [0.25, 0.3) is 5.92 Å². The van der Waals surface area contributed by atoms with Crippen molar-refractivity contribution < 1.29 is 23.4 Å². The molecule has 1 N–H and O–H groups in total. The normalized spacial score (nSPS) is 25.7. The van der Waals surface area contributed by atoms with Gasteiger partial charge in [0, 0.05) is 13.5 Å². The highest BCUT2D eigenvalue weighted by atomic mass is 19.3. The molecular weight excluding hydrogens is 234 g/mol. The largest absolute Gasteiger partial charge is 0.481 e. The lowest BCUT2D eigenvalue weighted by molar-refractivity contribution is -0.143. The highest BCUT2D eigenvalue weighted by molar-refractivity contribution is 5.89. The molecule has 1 unspecified atom stereocenters. The third-order valence-corrected chi connectivity index (χ3v) is 3.14. The summed E-state index contributed by atoms with van der Waals surface area (Å²) in [5, 5.41) is 13.0. The number of carboxylic acids is 1. The van der Waals surface area contributed by atoms with Gasteiger partial charge in [-0.2, -0.15) is 5.10 Å². The maximum absolute atomic E-state index is 13.4. The van der Waals surface area contributed by atoms with Gasteiger partial charge in [0.1, 0.15) is 0 Å². The minimum Gasteiger partial charge on any atom is -0.481 e. The molecule has 0 saturated heterocycles. The van der Waals surface area contributed by atoms with Gasteiger partial charge in [0.05, 0.1) is 18.4 Å². The minimum atomic E-state index is -3.25. The van der Waals surface area contributed by atoms with E-state index in [1.54, 1.807) is 0 Å². The molecule has 7 heteroatoms. The number of ether oxygens (including phenoxy) is 1. The van der Waals surface area contributed by atoms with E-state index >= 15 is 0 Å². The Morgan fingerprint density at radius 1 is 1.59 bits per heavy atom. The fourth-order valence-electron chi connectivity index (χ4n) is 2.26. The lowest BCUT2D eigenvalue weighted by atomic mass is 9.95. The standard InChI is InChI=1S/C10H12F2N2O3/c1-5-6(7(17-3)14(2)13-5)9(8(15)16)4-10(9,11)12/h4H2,1-3H3,(H,15,16). The third kappa shape index (κ3) is 1.28. The number of hydrogen-bond donors (Lipinski definition) is 1. The summed E-state index contributed by atoms with van der Waals surface area (Å²) in [6, 6.07) is 0. The van der Waals surface area contributed by atoms with Crippen LogP contribution in [0.25, 0.3) is 0 Å². The smallest absolute Gasteiger partial charge is 0.320 e. The Labute approximate surface area is 96.0 Å². The van der Waals surface area contributed by atoms with Crippen LogP contribution in [0.3, 0.4) is 0 Å². The van der Waals surface area contributed by atoms with E-state index in [2.05, 4.69) is 5.10 Å². The number of halogens is 2. The van der Waals surface area contributed by atoms with Crippen molar-refractivity contribution in [3.05, 3.63) is 11.3 Å². The molecule has 1 heterocycles. The van der Waals surface area contributed by atoms with Gasteiger partial charge >= 0.3 is 5.97 Å². The lowest BCUT2D eigenvalue weighted by Gasteiger charge is -2.12. The highest BCUT2D eigenvalue weighted by Gasteiger charge is 2.79. The fraction of sp³-hybridized carbons (Fsp3) is 0.600. The molecule has 0 bridgehead atoms. The Balaban J connectivity index is 2.65. The Bertz CT molecular complexity index is 498. The molecule has 1 saturated carbocycles. The summed E-state index contributed by atoms with van der Waals surface area (Å²) in [6.07, 6.45) is -0.710. The van der Waals surface area contributed by atoms with Crippen molar-refractivity contribution in [3.63, 3.8) is 0 Å². The summed E-state index contributed by atoms with van der Waals surface area (Å²) in [5.74, 6) is -4.72. The molecule has 1 fully saturated rings. The molecule has 1 aromatic heterocycles. The van der Waals surface area contributed by atoms with Crippen molar-refractivity contribution in [3.8, 4) is 5.88 Å². The van der Waals surface area contributed by atoms with E-state index in [0.717, 1.165) is 0 Å². The summed E-state index contributed by atoms with van der Waals surface area (Å²) in [4.78, 5) is 11.2. The van der Waals surface area contributed by atoms with E-state index < -0.39 is 23.7 Å². The number of aromatic nitrogens is 2. The van der Waals surface area contributed by atoms with Crippen LogP contribution in [-0.2, 0) is 17.3 Å². The van der Waals surface area contributed by atoms with Crippen LogP contribution < -0.4 is 4.74 Å². The second-order valence-corrected chi connectivity index (χ2v) is 4.19. The van der Waals surface area contributed by atoms with Gasteiger partial charge in [-0.15, -0.1) is 0 Å². The van der Waals surface area contributed by atoms with Gasteiger partial charge < -0.3 is 9.84 Å². The van der Waals surface area contributed by atoms with E-state index in [4.69, 9.17) is 9.84 Å². The van der Waals surface area contributed by atoms with Crippen LogP contribution in [0.15, 0.2) is 0 Å². The fourth-order valence-corrected chi connectivity index (χ4v) is 2.26. The second-order valence-electron chi connectivity index (χ2n) is 4.19. The zero-order valence-electron chi connectivity index (χ0n) is 9.62. The van der Waals surface area contributed by atoms with Crippen molar-refractivity contribution in [2.45, 2.75) is 24.7 Å². The molecule has 0 aliphatic heterocycles. The predicted molar refractivity (Wildman–Crippen MR) is 53.4 cm³/mol. The van der Waals surface area contributed by atoms with E-state index in [9.17, 15) is 13.6 Å². The molecule has 0 radical (unpaired) electrons. The Hall–Kier alpha value is -1.66. The number of carboxylic acid groups (broad SMARTS) is 1. The van der Waals surface area contributed by atoms with Gasteiger partial charge in [-0.1, -0.05) is 0 Å². The third-order valence-electron chi connectivity index (χ3n) is 3.14. The molecule has 1 atom stereocenters. The zero-order valence-corrected chi connectivity index (χ0v) is 9.62. The number of methoxy groups -OCH3 is 1. The van der Waals surface area contributed by atoms with Crippen LogP contribution in [-0.4, -0.2) is 33.9 Å². The maximum atomic E-state index is 13.4. The van der Waals surface area contributed by atoms with Crippen molar-refractivity contribution in [2.75, 3.05) is 7.11 Å². The molecule has 2 rings (SSSR count). The molecular formula is C10H12F2N2O3. The average Bonchev–Trinajstić information content (AvgIpc) is 2.65. The van der Waals surface area contributed by atoms with Crippen LogP contribution in [0, 0.1) is 6.92 Å². The molecule has 94 valence electrons. The number of aliphatic carboxylic acids is 1. The quantitative estimate of drug-likeness (QED) is 0.867. The molecule has 17 heavy (non-hydrogen) atoms. The average molecular weight is 246 g/mol. The van der Waals surface area contributed by atoms with Gasteiger partial charge in [0.15, 0.2) is 5.41 Å². The summed E-state index contributed by atoms with van der Waals surface area (Å²) >= 11 is 0. The number of nitrogens with zero attached hydrogens (tertiary/aromatic N) is 2. The van der Waals surface area contributed by atoms with Gasteiger partial charge in [-0.05, 0) is 6.92 Å². The molecule has 0 amide bonds. The van der Waals surface area contributed by atoms with Crippen molar-refractivity contribution in [2.24, 2.45) is 7.05 Å². The van der Waals surface area contributed by atoms with Crippen LogP contribution >= 0.6 is 0 Å². The SMILES string of the molecule is COc1c(C2(C(=O)O)CC2(F)F)c(C)nn1C. The number of carbonyl (C=O) groups is 1. The van der Waals surface area contributed by atoms with E-state index in [1.165, 1.54) is 25.8 Å². The first-order valence-electron chi connectivity index (χ1n) is 4.97. The first-order valence-corrected chi connectivity index (χ1v) is 4.97. The topological polar surface area (TPSA) is 64.3 Å². The van der Waals surface area contributed by atoms with Crippen LogP contribution in [0.5, 0.6) is 5.88 Å². The summed E-state index contributed by atoms with van der Waals surface area (Å²) in [6.45, 7) is 1.50. The van der Waals surface area contributed by atoms with Crippen molar-refractivity contribution >= 4 is 5.97 Å². The van der Waals surface area contributed by atoms with Crippen LogP contribution in [0.1, 0.15) is 17.7 Å². The first-order chi connectivity index (χ1) is 7.78. The maximum Gasteiger partial charge on any atom is 0.320 e. The highest BCUT2D eigenvalue weighted by Crippen LogP contribution is 2.64. The number of alkyl halides is 2. The van der Waals surface area contributed by atoms with E-state index in [-0.39, 0.29) is 17.1 Å². The zero-order chi connectivity index (χ0) is 13.0. The van der Waals surface area contributed by atoms with Gasteiger partial charge in [-0.3, -0.25) is 4.79 Å². The molecule has 1 aromatic rings. The number of rotatable bonds is 3. The Kier molecular flexibility index (Phi) is 2.21. The number of aryl methyl sites for hydroxylation is 2. The number of hydrogen-bond acceptors (Lipinski definition) is 3. The Morgan fingerprint density at radius 3 is 2.47 bits per heavy atom. The Morgan fingerprint density at radius 2 is 2.12 bits per heavy atom. The molecule has 1 aliphatic rings. The van der Waals surface area contributed by atoms with E-state index in [0.29, 0.717) is 0 Å². The second kappa shape index (κ2) is 3.18. The summed E-state index contributed by atoms with van der Waals surface area (Å²) in [7, 11) is 2.82. The summed E-state index contributed by atoms with van der Waals surface area (Å²) in [5.41, 5.74) is -1.96. The molecule has 0 aromatic carbocycles. The monoisotopic (exact) mass is 246 g/mol. The van der Waals surface area contributed by atoms with Crippen molar-refractivity contribution in [1.82, 2.24) is 9.78 Å². The molecule has 5 nitrogen and oxygen atoms in total. The minimum absolute atomic E-state index is 0.0278. The van der Waals surface area contributed by atoms with Crippen LogP contribution in [0.2, 0.25) is 0 Å². The van der Waals surface area contributed by atoms with Gasteiger partial charge in [-0.25, -0.2) is 13.5 Å². The predicted octanol–water partition coefficient (Wildman–Crippen LogP) is 1.10.